The number of H-pyrrole nitrogens is 1. The first kappa shape index (κ1) is 31.7. The van der Waals surface area contributed by atoms with E-state index in [0.29, 0.717) is 59.7 Å². The fourth-order valence-electron chi connectivity index (χ4n) is 5.19. The average molecular weight is 632 g/mol. The lowest BCUT2D eigenvalue weighted by Gasteiger charge is -2.39. The molecule has 1 aromatic carbocycles. The molecular formula is C29H33F4N9O3. The number of halogens is 4. The number of piperidine rings is 1. The number of aromatic nitrogens is 5. The van der Waals surface area contributed by atoms with E-state index in [1.54, 1.807) is 31.3 Å². The Hall–Kier alpha value is -4.76. The van der Waals surface area contributed by atoms with Crippen LogP contribution in [0, 0.1) is 5.82 Å². The third kappa shape index (κ3) is 6.99. The van der Waals surface area contributed by atoms with Crippen LogP contribution in [0.4, 0.5) is 34.1 Å². The summed E-state index contributed by atoms with van der Waals surface area (Å²) in [5.74, 6) is 0.206. The number of carbonyl (C=O) groups is 2. The molecule has 1 saturated heterocycles. The molecule has 12 nitrogen and oxygen atoms in total. The number of fused-ring (bicyclic) bond motifs is 1. The molecule has 1 aliphatic rings. The van der Waals surface area contributed by atoms with E-state index < -0.39 is 36.0 Å². The predicted octanol–water partition coefficient (Wildman–Crippen LogP) is 5.14. The number of benzene rings is 1. The minimum atomic E-state index is -4.51. The average Bonchev–Trinajstić information content (AvgIpc) is 3.64. The second kappa shape index (κ2) is 12.3. The molecule has 3 aromatic heterocycles. The third-order valence-electron chi connectivity index (χ3n) is 7.62. The molecule has 2 atom stereocenters. The van der Waals surface area contributed by atoms with Gasteiger partial charge in [0, 0.05) is 29.8 Å². The monoisotopic (exact) mass is 631 g/mol. The van der Waals surface area contributed by atoms with Crippen LogP contribution < -0.4 is 15.5 Å². The van der Waals surface area contributed by atoms with E-state index in [9.17, 15) is 22.8 Å². The first-order valence-corrected chi connectivity index (χ1v) is 14.3. The quantitative estimate of drug-likeness (QED) is 0.179. The molecule has 240 valence electrons. The van der Waals surface area contributed by atoms with Crippen molar-refractivity contribution in [3.05, 3.63) is 47.7 Å². The summed E-state index contributed by atoms with van der Waals surface area (Å²) in [6.45, 7) is 6.19. The first-order chi connectivity index (χ1) is 21.2. The summed E-state index contributed by atoms with van der Waals surface area (Å²) in [4.78, 5) is 35.5. The molecule has 3 amide bonds. The van der Waals surface area contributed by atoms with Crippen molar-refractivity contribution < 1.29 is 31.7 Å². The minimum Gasteiger partial charge on any atom is -0.363 e. The molecule has 0 unspecified atom stereocenters. The van der Waals surface area contributed by atoms with Crippen molar-refractivity contribution in [1.82, 2.24) is 35.5 Å². The molecule has 1 aliphatic heterocycles. The summed E-state index contributed by atoms with van der Waals surface area (Å²) in [7, 11) is 0. The van der Waals surface area contributed by atoms with Gasteiger partial charge in [0.05, 0.1) is 18.0 Å². The van der Waals surface area contributed by atoms with E-state index in [2.05, 4.69) is 30.6 Å². The van der Waals surface area contributed by atoms with Crippen LogP contribution >= 0.6 is 0 Å². The number of carbonyl (C=O) groups excluding carboxylic acids is 2. The number of aromatic amines is 1. The van der Waals surface area contributed by atoms with Crippen molar-refractivity contribution in [2.45, 2.75) is 70.8 Å². The van der Waals surface area contributed by atoms with Crippen LogP contribution in [0.25, 0.3) is 22.2 Å². The Labute approximate surface area is 255 Å². The lowest BCUT2D eigenvalue weighted by molar-refractivity contribution is -0.123. The number of nitrogens with one attached hydrogen (secondary N) is 3. The second-order valence-corrected chi connectivity index (χ2v) is 11.9. The van der Waals surface area contributed by atoms with Crippen molar-refractivity contribution in [2.24, 2.45) is 0 Å². The Bertz CT molecular complexity index is 1680. The maximum absolute atomic E-state index is 15.5. The number of hydrogen-bond acceptors (Lipinski definition) is 8. The highest BCUT2D eigenvalue weighted by atomic mass is 19.4. The molecule has 16 heteroatoms. The Morgan fingerprint density at radius 2 is 2.02 bits per heavy atom. The number of anilines is 2. The zero-order valence-corrected chi connectivity index (χ0v) is 25.1. The van der Waals surface area contributed by atoms with Crippen LogP contribution in [0.3, 0.4) is 0 Å². The largest absolute Gasteiger partial charge is 0.405 e. The predicted molar refractivity (Wildman–Crippen MR) is 157 cm³/mol. The maximum atomic E-state index is 15.5. The van der Waals surface area contributed by atoms with Gasteiger partial charge in [-0.1, -0.05) is 32.9 Å². The van der Waals surface area contributed by atoms with Crippen molar-refractivity contribution >= 4 is 35.2 Å². The Morgan fingerprint density at radius 3 is 2.69 bits per heavy atom. The van der Waals surface area contributed by atoms with Crippen LogP contribution in [0.2, 0.25) is 0 Å². The van der Waals surface area contributed by atoms with Crippen molar-refractivity contribution in [1.29, 1.82) is 0 Å². The summed E-state index contributed by atoms with van der Waals surface area (Å²) in [5.41, 5.74) is 1.36. The normalized spacial score (nSPS) is 17.4. The lowest BCUT2D eigenvalue weighted by Crippen LogP contribution is -2.55. The smallest absolute Gasteiger partial charge is 0.363 e. The van der Waals surface area contributed by atoms with E-state index in [1.807, 2.05) is 26.1 Å². The first-order valence-electron chi connectivity index (χ1n) is 14.3. The zero-order valence-electron chi connectivity index (χ0n) is 25.1. The highest BCUT2D eigenvalue weighted by molar-refractivity contribution is 6.00. The number of nitrogens with zero attached hydrogens (tertiary/aromatic N) is 6. The summed E-state index contributed by atoms with van der Waals surface area (Å²) in [6.07, 6.45) is -1.24. The number of hydrogen-bond donors (Lipinski definition) is 3. The summed E-state index contributed by atoms with van der Waals surface area (Å²) in [6, 6.07) is 4.76. The number of urea groups is 1. The fraction of sp³-hybridized carbons (Fsp3) is 0.448. The molecular weight excluding hydrogens is 598 g/mol. The highest BCUT2D eigenvalue weighted by Gasteiger charge is 2.34. The van der Waals surface area contributed by atoms with E-state index in [1.165, 1.54) is 11.0 Å². The van der Waals surface area contributed by atoms with E-state index in [4.69, 9.17) is 4.52 Å². The Kier molecular flexibility index (Phi) is 8.67. The number of rotatable bonds is 8. The van der Waals surface area contributed by atoms with Gasteiger partial charge in [-0.2, -0.15) is 23.3 Å². The fourth-order valence-corrected chi connectivity index (χ4v) is 5.19. The van der Waals surface area contributed by atoms with E-state index in [-0.39, 0.29) is 24.1 Å². The molecule has 3 N–H and O–H groups in total. The molecule has 0 spiro atoms. The second-order valence-electron chi connectivity index (χ2n) is 11.9. The van der Waals surface area contributed by atoms with Gasteiger partial charge in [-0.25, -0.2) is 14.2 Å². The van der Waals surface area contributed by atoms with Crippen molar-refractivity contribution in [3.8, 4) is 11.1 Å². The Balaban J connectivity index is 1.36. The highest BCUT2D eigenvalue weighted by Crippen LogP contribution is 2.34. The van der Waals surface area contributed by atoms with Gasteiger partial charge in [-0.05, 0) is 48.2 Å². The van der Waals surface area contributed by atoms with Crippen molar-refractivity contribution in [2.75, 3.05) is 23.3 Å². The summed E-state index contributed by atoms with van der Waals surface area (Å²) >= 11 is 0. The summed E-state index contributed by atoms with van der Waals surface area (Å²) < 4.78 is 58.7. The molecule has 5 rings (SSSR count). The third-order valence-corrected chi connectivity index (χ3v) is 7.62. The SMILES string of the molecule is C[C@@H]1[C@H](Nc2n[nH]c3nccc(-c4ccc(CN(C=O)c5noc(C(C)(C)C)n5)c(F)c4)c23)CCCN1C(=O)NCC(F)(F)F. The molecule has 4 aromatic rings. The van der Waals surface area contributed by atoms with Gasteiger partial charge in [0.15, 0.2) is 11.5 Å². The van der Waals surface area contributed by atoms with Crippen LogP contribution in [0.5, 0.6) is 0 Å². The number of likely N-dealkylation sites (tertiary alicyclic amines) is 1. The van der Waals surface area contributed by atoms with Gasteiger partial charge in [-0.3, -0.25) is 14.8 Å². The van der Waals surface area contributed by atoms with Crippen molar-refractivity contribution in [3.63, 3.8) is 0 Å². The van der Waals surface area contributed by atoms with Crippen LogP contribution in [0.1, 0.15) is 52.0 Å². The zero-order chi connectivity index (χ0) is 32.5. The van der Waals surface area contributed by atoms with Crippen LogP contribution in [-0.4, -0.2) is 74.0 Å². The van der Waals surface area contributed by atoms with E-state index >= 15 is 4.39 Å². The topological polar surface area (TPSA) is 145 Å². The van der Waals surface area contributed by atoms with Crippen LogP contribution in [0.15, 0.2) is 35.0 Å². The molecule has 45 heavy (non-hydrogen) atoms. The molecule has 0 bridgehead atoms. The molecule has 4 heterocycles. The Morgan fingerprint density at radius 1 is 1.24 bits per heavy atom. The lowest BCUT2D eigenvalue weighted by atomic mass is 9.97. The van der Waals surface area contributed by atoms with Gasteiger partial charge in [-0.15, -0.1) is 0 Å². The number of pyridine rings is 1. The molecule has 0 radical (unpaired) electrons. The standard InChI is InChI=1S/C29H33F4N9O3/c1-16-21(6-5-11-42(16)27(44)35-14-29(31,32)33)36-24-22-19(9-10-34-23(22)38-39-24)17-7-8-18(20(30)12-17)13-41(15-43)26-37-25(45-40-26)28(2,3)4/h7-10,12,15-16,21H,5-6,11,13-14H2,1-4H3,(H,35,44)(H2,34,36,38,39)/t16-,21-/m1/s1. The molecule has 1 fully saturated rings. The molecule has 0 saturated carbocycles. The van der Waals surface area contributed by atoms with Gasteiger partial charge in [0.1, 0.15) is 12.4 Å². The minimum absolute atomic E-state index is 0.0247. The van der Waals surface area contributed by atoms with Gasteiger partial charge >= 0.3 is 12.2 Å². The van der Waals surface area contributed by atoms with E-state index in [0.717, 1.165) is 4.90 Å². The maximum Gasteiger partial charge on any atom is 0.405 e. The summed E-state index contributed by atoms with van der Waals surface area (Å²) in [5, 5.41) is 16.9. The van der Waals surface area contributed by atoms with Gasteiger partial charge in [0.2, 0.25) is 12.3 Å². The molecule has 0 aliphatic carbocycles. The number of alkyl halides is 3. The number of amides is 3. The van der Waals surface area contributed by atoms with Gasteiger partial charge < -0.3 is 20.1 Å². The van der Waals surface area contributed by atoms with Gasteiger partial charge in [0.25, 0.3) is 5.95 Å². The van der Waals surface area contributed by atoms with Crippen LogP contribution in [-0.2, 0) is 16.8 Å².